The molecule has 336 valence electrons. The van der Waals surface area contributed by atoms with Crippen LogP contribution in [0.5, 0.6) is 0 Å². The van der Waals surface area contributed by atoms with E-state index in [9.17, 15) is 19.4 Å². The van der Waals surface area contributed by atoms with Gasteiger partial charge in [-0.1, -0.05) is 189 Å². The number of phosphoric ester groups is 1. The van der Waals surface area contributed by atoms with Crippen LogP contribution in [0.2, 0.25) is 0 Å². The Labute approximate surface area is 357 Å². The largest absolute Gasteiger partial charge is 0.756 e. The first-order valence-electron chi connectivity index (χ1n) is 23.3. The van der Waals surface area contributed by atoms with E-state index >= 15 is 0 Å². The Morgan fingerprint density at radius 1 is 0.621 bits per heavy atom. The molecule has 0 aromatic carbocycles. The Morgan fingerprint density at radius 3 is 1.50 bits per heavy atom. The van der Waals surface area contributed by atoms with E-state index in [-0.39, 0.29) is 19.1 Å². The Balaban J connectivity index is 3.77. The van der Waals surface area contributed by atoms with Crippen LogP contribution in [0.25, 0.3) is 0 Å². The molecule has 0 heterocycles. The molecule has 58 heavy (non-hydrogen) atoms. The molecular weight excluding hydrogens is 744 g/mol. The van der Waals surface area contributed by atoms with Crippen molar-refractivity contribution in [2.24, 2.45) is 0 Å². The monoisotopic (exact) mass is 833 g/mol. The number of unbranched alkanes of at least 4 members (excludes halogenated alkanes) is 18. The van der Waals surface area contributed by atoms with E-state index in [1.165, 1.54) is 96.3 Å². The predicted octanol–water partition coefficient (Wildman–Crippen LogP) is 12.6. The zero-order valence-corrected chi connectivity index (χ0v) is 38.9. The number of aliphatic hydroxyl groups excluding tert-OH is 1. The Morgan fingerprint density at radius 2 is 1.05 bits per heavy atom. The highest BCUT2D eigenvalue weighted by molar-refractivity contribution is 7.45. The topological polar surface area (TPSA) is 108 Å². The molecule has 0 spiro atoms. The summed E-state index contributed by atoms with van der Waals surface area (Å²) < 4.78 is 22.9. The van der Waals surface area contributed by atoms with Crippen LogP contribution < -0.4 is 10.2 Å². The number of aliphatic hydroxyl groups is 1. The maximum atomic E-state index is 12.7. The van der Waals surface area contributed by atoms with Gasteiger partial charge in [-0.05, 0) is 57.8 Å². The van der Waals surface area contributed by atoms with Gasteiger partial charge in [-0.15, -0.1) is 0 Å². The summed E-state index contributed by atoms with van der Waals surface area (Å²) in [7, 11) is 1.25. The maximum Gasteiger partial charge on any atom is 0.268 e. The molecule has 0 rings (SSSR count). The van der Waals surface area contributed by atoms with Crippen LogP contribution in [0.1, 0.15) is 181 Å². The van der Waals surface area contributed by atoms with Gasteiger partial charge in [0.25, 0.3) is 7.82 Å². The van der Waals surface area contributed by atoms with E-state index in [0.717, 1.165) is 64.2 Å². The standard InChI is InChI=1S/C49H89N2O6P/c1-6-8-10-11-12-13-14-15-16-17-18-19-20-21-22-23-24-25-26-27-28-29-30-31-32-33-34-35-36-37-38-39-41-43-49(53)50-47(48(52)42-40-9-7-2)46-57-58(54,55)56-45-44-51(3,4)5/h8,10,12-13,15-16,18-19,21-22,40,42,47-48,52H,6-7,9,11,14,17,20,23-39,41,43-46H2,1-5H3,(H-,50,53,54,55)/b10-8-,13-12-,16-15-,19-18-,22-21-,42-40+. The van der Waals surface area contributed by atoms with Crippen LogP contribution in [0, 0.1) is 0 Å². The van der Waals surface area contributed by atoms with Gasteiger partial charge >= 0.3 is 0 Å². The summed E-state index contributed by atoms with van der Waals surface area (Å²) in [4.78, 5) is 24.9. The molecule has 3 atom stereocenters. The molecular formula is C49H89N2O6P. The first-order chi connectivity index (χ1) is 28.0. The van der Waals surface area contributed by atoms with Crippen molar-refractivity contribution in [3.63, 3.8) is 0 Å². The van der Waals surface area contributed by atoms with E-state index < -0.39 is 20.0 Å². The number of hydrogen-bond donors (Lipinski definition) is 2. The second-order valence-electron chi connectivity index (χ2n) is 16.7. The van der Waals surface area contributed by atoms with E-state index in [0.29, 0.717) is 17.4 Å². The summed E-state index contributed by atoms with van der Waals surface area (Å²) in [5.74, 6) is -0.212. The fourth-order valence-electron chi connectivity index (χ4n) is 6.24. The van der Waals surface area contributed by atoms with Gasteiger partial charge in [0.1, 0.15) is 13.2 Å². The van der Waals surface area contributed by atoms with Gasteiger partial charge < -0.3 is 28.8 Å². The van der Waals surface area contributed by atoms with Crippen molar-refractivity contribution in [3.05, 3.63) is 72.9 Å². The number of phosphoric acid groups is 1. The lowest BCUT2D eigenvalue weighted by Gasteiger charge is -2.29. The normalized spacial score (nSPS) is 14.9. The van der Waals surface area contributed by atoms with E-state index in [4.69, 9.17) is 9.05 Å². The molecule has 0 aliphatic heterocycles. The molecule has 0 aliphatic rings. The molecule has 0 saturated carbocycles. The minimum atomic E-state index is -4.56. The highest BCUT2D eigenvalue weighted by atomic mass is 31.2. The number of likely N-dealkylation sites (N-methyl/N-ethyl adjacent to an activating group) is 1. The van der Waals surface area contributed by atoms with Crippen molar-refractivity contribution in [2.75, 3.05) is 40.9 Å². The van der Waals surface area contributed by atoms with Crippen molar-refractivity contribution >= 4 is 13.7 Å². The number of amides is 1. The fourth-order valence-corrected chi connectivity index (χ4v) is 6.97. The lowest BCUT2D eigenvalue weighted by atomic mass is 10.0. The lowest BCUT2D eigenvalue weighted by molar-refractivity contribution is -0.870. The number of allylic oxidation sites excluding steroid dienone is 11. The summed E-state index contributed by atoms with van der Waals surface area (Å²) >= 11 is 0. The second-order valence-corrected chi connectivity index (χ2v) is 18.1. The summed E-state index contributed by atoms with van der Waals surface area (Å²) in [6, 6.07) is -0.883. The quantitative estimate of drug-likeness (QED) is 0.0275. The van der Waals surface area contributed by atoms with Crippen LogP contribution in [-0.2, 0) is 18.4 Å². The van der Waals surface area contributed by atoms with Crippen LogP contribution in [0.4, 0.5) is 0 Å². The number of carbonyl (C=O) groups excluding carboxylic acids is 1. The average Bonchev–Trinajstić information content (AvgIpc) is 3.17. The molecule has 0 aromatic heterocycles. The molecule has 0 fully saturated rings. The molecule has 0 aromatic rings. The van der Waals surface area contributed by atoms with Gasteiger partial charge in [0.15, 0.2) is 0 Å². The van der Waals surface area contributed by atoms with E-state index in [1.807, 2.05) is 34.1 Å². The summed E-state index contributed by atoms with van der Waals surface area (Å²) in [5.41, 5.74) is 0. The van der Waals surface area contributed by atoms with Crippen LogP contribution >= 0.6 is 7.82 Å². The van der Waals surface area contributed by atoms with Gasteiger partial charge in [0, 0.05) is 6.42 Å². The molecule has 0 saturated heterocycles. The Hall–Kier alpha value is -2.06. The number of quaternary nitrogens is 1. The summed E-state index contributed by atoms with van der Waals surface area (Å²) in [6.07, 6.45) is 55.0. The highest BCUT2D eigenvalue weighted by Crippen LogP contribution is 2.38. The minimum Gasteiger partial charge on any atom is -0.756 e. The van der Waals surface area contributed by atoms with Gasteiger partial charge in [-0.3, -0.25) is 9.36 Å². The Kier molecular flexibility index (Phi) is 38.9. The Bertz CT molecular complexity index is 1170. The smallest absolute Gasteiger partial charge is 0.268 e. The average molecular weight is 833 g/mol. The third-order valence-electron chi connectivity index (χ3n) is 9.90. The zero-order chi connectivity index (χ0) is 42.8. The fraction of sp³-hybridized carbons (Fsp3) is 0.735. The van der Waals surface area contributed by atoms with Crippen molar-refractivity contribution in [3.8, 4) is 0 Å². The van der Waals surface area contributed by atoms with Gasteiger partial charge in [-0.25, -0.2) is 0 Å². The van der Waals surface area contributed by atoms with Crippen molar-refractivity contribution in [1.82, 2.24) is 5.32 Å². The maximum absolute atomic E-state index is 12.7. The SMILES string of the molecule is CC/C=C\C/C=C\C/C=C\C/C=C\C/C=C\CCCCCCCCCCCCCCCCCCCC(=O)NC(COP(=O)([O-])OCC[N+](C)(C)C)C(O)/C=C/CCC. The van der Waals surface area contributed by atoms with Crippen LogP contribution in [0.15, 0.2) is 72.9 Å². The van der Waals surface area contributed by atoms with Gasteiger partial charge in [-0.2, -0.15) is 0 Å². The van der Waals surface area contributed by atoms with Crippen molar-refractivity contribution in [2.45, 2.75) is 193 Å². The molecule has 0 bridgehead atoms. The third-order valence-corrected chi connectivity index (χ3v) is 10.9. The highest BCUT2D eigenvalue weighted by Gasteiger charge is 2.23. The molecule has 0 radical (unpaired) electrons. The number of carbonyl (C=O) groups is 1. The van der Waals surface area contributed by atoms with Crippen LogP contribution in [-0.4, -0.2) is 68.5 Å². The van der Waals surface area contributed by atoms with Gasteiger partial charge in [0.05, 0.1) is 39.9 Å². The number of rotatable bonds is 41. The summed E-state index contributed by atoms with van der Waals surface area (Å²) in [6.45, 7) is 4.30. The van der Waals surface area contributed by atoms with Crippen LogP contribution in [0.3, 0.4) is 0 Å². The van der Waals surface area contributed by atoms with E-state index in [2.05, 4.69) is 73.0 Å². The molecule has 3 unspecified atom stereocenters. The minimum absolute atomic E-state index is 0.00442. The predicted molar refractivity (Wildman–Crippen MR) is 247 cm³/mol. The van der Waals surface area contributed by atoms with Crippen molar-refractivity contribution < 1.29 is 32.9 Å². The first kappa shape index (κ1) is 55.9. The molecule has 9 heteroatoms. The second kappa shape index (κ2) is 40.4. The van der Waals surface area contributed by atoms with E-state index in [1.54, 1.807) is 6.08 Å². The van der Waals surface area contributed by atoms with Crippen molar-refractivity contribution in [1.29, 1.82) is 0 Å². The molecule has 2 N–H and O–H groups in total. The summed E-state index contributed by atoms with van der Waals surface area (Å²) in [5, 5.41) is 13.4. The van der Waals surface area contributed by atoms with Gasteiger partial charge in [0.2, 0.25) is 5.91 Å². The number of hydrogen-bond acceptors (Lipinski definition) is 6. The zero-order valence-electron chi connectivity index (χ0n) is 38.0. The number of nitrogens with zero attached hydrogens (tertiary/aromatic N) is 1. The first-order valence-corrected chi connectivity index (χ1v) is 24.8. The molecule has 1 amide bonds. The molecule has 0 aliphatic carbocycles. The lowest BCUT2D eigenvalue weighted by Crippen LogP contribution is -2.45. The number of nitrogens with one attached hydrogen (secondary N) is 1. The third kappa shape index (κ3) is 42.1. The molecule has 8 nitrogen and oxygen atoms in total.